The molecule has 2 aromatic rings. The number of anilines is 1. The molecule has 7 heteroatoms. The largest absolute Gasteiger partial charge is 0.462 e. The first-order valence-electron chi connectivity index (χ1n) is 14.6. The van der Waals surface area contributed by atoms with E-state index < -0.39 is 8.32 Å². The normalized spacial score (nSPS) is 24.8. The van der Waals surface area contributed by atoms with Crippen molar-refractivity contribution in [2.75, 3.05) is 11.5 Å². The Morgan fingerprint density at radius 1 is 1.00 bits per heavy atom. The number of carbonyl (C=O) groups excluding carboxylic acids is 2. The number of ether oxygens (including phenoxy) is 1. The third kappa shape index (κ3) is 6.20. The highest BCUT2D eigenvalue weighted by Gasteiger charge is 2.42. The van der Waals surface area contributed by atoms with Crippen LogP contribution >= 0.6 is 11.3 Å². The summed E-state index contributed by atoms with van der Waals surface area (Å²) >= 11 is 1.45. The van der Waals surface area contributed by atoms with Crippen molar-refractivity contribution in [3.05, 3.63) is 29.1 Å². The fraction of sp³-hybridized carbons (Fsp3) is 0.677. The van der Waals surface area contributed by atoms with Crippen molar-refractivity contribution >= 4 is 47.3 Å². The topological polar surface area (TPSA) is 55.8 Å². The highest BCUT2D eigenvalue weighted by atomic mass is 32.1. The summed E-state index contributed by atoms with van der Waals surface area (Å²) in [5, 5.41) is 1.16. The molecule has 2 aliphatic rings. The van der Waals surface area contributed by atoms with Gasteiger partial charge in [-0.05, 0) is 88.4 Å². The summed E-state index contributed by atoms with van der Waals surface area (Å²) < 4.78 is 13.3. The minimum absolute atomic E-state index is 0.0149. The van der Waals surface area contributed by atoms with Crippen molar-refractivity contribution in [1.82, 2.24) is 0 Å². The summed E-state index contributed by atoms with van der Waals surface area (Å²) in [4.78, 5) is 30.2. The molecule has 0 aliphatic heterocycles. The Morgan fingerprint density at radius 2 is 1.63 bits per heavy atom. The first-order valence-corrected chi connectivity index (χ1v) is 18.3. The summed E-state index contributed by atoms with van der Waals surface area (Å²) in [5.41, 5.74) is 0.779. The average molecular weight is 558 g/mol. The molecule has 4 rings (SSSR count). The number of amides is 1. The van der Waals surface area contributed by atoms with Crippen molar-refractivity contribution in [3.63, 3.8) is 0 Å². The monoisotopic (exact) mass is 557 g/mol. The summed E-state index contributed by atoms with van der Waals surface area (Å²) in [5.74, 6) is 0.557. The lowest BCUT2D eigenvalue weighted by Gasteiger charge is -2.43. The first kappa shape index (κ1) is 29.3. The molecular formula is C31H47NO4SSi. The van der Waals surface area contributed by atoms with Gasteiger partial charge in [-0.25, -0.2) is 4.79 Å². The van der Waals surface area contributed by atoms with Crippen molar-refractivity contribution in [1.29, 1.82) is 0 Å². The molecule has 1 aromatic heterocycles. The Hall–Kier alpha value is -1.70. The zero-order valence-corrected chi connectivity index (χ0v) is 26.3. The van der Waals surface area contributed by atoms with E-state index in [1.807, 2.05) is 30.0 Å². The van der Waals surface area contributed by atoms with Crippen LogP contribution in [0.4, 0.5) is 5.69 Å². The zero-order valence-electron chi connectivity index (χ0n) is 24.5. The summed E-state index contributed by atoms with van der Waals surface area (Å²) in [6.07, 6.45) is 7.94. The van der Waals surface area contributed by atoms with Crippen LogP contribution in [-0.4, -0.2) is 38.9 Å². The van der Waals surface area contributed by atoms with E-state index in [1.165, 1.54) is 11.3 Å². The smallest absolute Gasteiger partial charge is 0.350 e. The van der Waals surface area contributed by atoms with E-state index in [-0.39, 0.29) is 35.0 Å². The van der Waals surface area contributed by atoms with Crippen molar-refractivity contribution in [2.45, 2.75) is 116 Å². The predicted octanol–water partition coefficient (Wildman–Crippen LogP) is 8.57. The van der Waals surface area contributed by atoms with Gasteiger partial charge in [-0.2, -0.15) is 0 Å². The van der Waals surface area contributed by atoms with Gasteiger partial charge in [0.25, 0.3) is 0 Å². The second kappa shape index (κ2) is 11.8. The Balaban J connectivity index is 1.68. The van der Waals surface area contributed by atoms with Crippen molar-refractivity contribution < 1.29 is 18.8 Å². The third-order valence-electron chi connectivity index (χ3n) is 9.15. The second-order valence-corrected chi connectivity index (χ2v) is 18.8. The second-order valence-electron chi connectivity index (χ2n) is 13.0. The number of benzene rings is 1. The summed E-state index contributed by atoms with van der Waals surface area (Å²) in [7, 11) is -1.86. The van der Waals surface area contributed by atoms with Crippen LogP contribution < -0.4 is 4.90 Å². The quantitative estimate of drug-likeness (QED) is 0.253. The number of hydrogen-bond acceptors (Lipinski definition) is 5. The maximum Gasteiger partial charge on any atom is 0.350 e. The predicted molar refractivity (Wildman–Crippen MR) is 161 cm³/mol. The minimum Gasteiger partial charge on any atom is -0.462 e. The van der Waals surface area contributed by atoms with Gasteiger partial charge in [0, 0.05) is 28.1 Å². The Bertz CT molecular complexity index is 1120. The highest BCUT2D eigenvalue weighted by molar-refractivity contribution is 7.21. The minimum atomic E-state index is -1.86. The Kier molecular flexibility index (Phi) is 9.10. The molecule has 5 nitrogen and oxygen atoms in total. The number of fused-ring (bicyclic) bond motifs is 1. The van der Waals surface area contributed by atoms with E-state index in [0.717, 1.165) is 67.1 Å². The molecule has 0 spiro atoms. The Labute approximate surface area is 234 Å². The Morgan fingerprint density at radius 3 is 2.24 bits per heavy atom. The van der Waals surface area contributed by atoms with Gasteiger partial charge in [-0.15, -0.1) is 11.3 Å². The molecule has 0 bridgehead atoms. The molecule has 2 aliphatic carbocycles. The van der Waals surface area contributed by atoms with Gasteiger partial charge in [0.05, 0.1) is 12.3 Å². The molecule has 2 fully saturated rings. The van der Waals surface area contributed by atoms with Crippen LogP contribution in [-0.2, 0) is 14.0 Å². The lowest BCUT2D eigenvalue weighted by Crippen LogP contribution is -2.49. The van der Waals surface area contributed by atoms with Crippen LogP contribution in [0, 0.1) is 11.8 Å². The van der Waals surface area contributed by atoms with Crippen LogP contribution in [0.3, 0.4) is 0 Å². The van der Waals surface area contributed by atoms with Gasteiger partial charge >= 0.3 is 5.97 Å². The van der Waals surface area contributed by atoms with Crippen molar-refractivity contribution in [2.24, 2.45) is 11.8 Å². The third-order valence-corrected chi connectivity index (χ3v) is 14.8. The molecule has 1 heterocycles. The molecule has 0 unspecified atom stereocenters. The fourth-order valence-electron chi connectivity index (χ4n) is 5.80. The number of esters is 1. The van der Waals surface area contributed by atoms with E-state index in [0.29, 0.717) is 17.4 Å². The SMILES string of the molecule is CCOC(=O)c1sc2ccccc2c1N(C(=O)C1CCC(C)CC1)C1CCC(O[Si](C)(C)C(C)(C)C)CC1. The van der Waals surface area contributed by atoms with E-state index in [1.54, 1.807) is 0 Å². The lowest BCUT2D eigenvalue weighted by molar-refractivity contribution is -0.124. The summed E-state index contributed by atoms with van der Waals surface area (Å²) in [6.45, 7) is 15.9. The molecule has 0 radical (unpaired) electrons. The molecule has 210 valence electrons. The number of rotatable bonds is 7. The number of carbonyl (C=O) groups is 2. The van der Waals surface area contributed by atoms with Crippen molar-refractivity contribution in [3.8, 4) is 0 Å². The molecule has 1 amide bonds. The van der Waals surface area contributed by atoms with Crippen LogP contribution in [0.2, 0.25) is 18.1 Å². The van der Waals surface area contributed by atoms with E-state index in [9.17, 15) is 9.59 Å². The van der Waals surface area contributed by atoms with Gasteiger partial charge in [-0.3, -0.25) is 4.79 Å². The van der Waals surface area contributed by atoms with Crippen LogP contribution in [0.1, 0.15) is 95.7 Å². The maximum absolute atomic E-state index is 14.4. The van der Waals surface area contributed by atoms with E-state index in [4.69, 9.17) is 9.16 Å². The first-order chi connectivity index (χ1) is 17.9. The number of thiophene rings is 1. The van der Waals surface area contributed by atoms with Gasteiger partial charge in [-0.1, -0.05) is 45.9 Å². The number of hydrogen-bond donors (Lipinski definition) is 0. The molecule has 1 aromatic carbocycles. The molecule has 0 N–H and O–H groups in total. The molecule has 0 atom stereocenters. The molecule has 2 saturated carbocycles. The molecule has 38 heavy (non-hydrogen) atoms. The van der Waals surface area contributed by atoms with Crippen LogP contribution in [0.15, 0.2) is 24.3 Å². The van der Waals surface area contributed by atoms with E-state index in [2.05, 4.69) is 46.9 Å². The maximum atomic E-state index is 14.4. The van der Waals surface area contributed by atoms with Gasteiger partial charge in [0.1, 0.15) is 4.88 Å². The summed E-state index contributed by atoms with van der Waals surface area (Å²) in [6, 6.07) is 8.16. The highest BCUT2D eigenvalue weighted by Crippen LogP contribution is 2.45. The van der Waals surface area contributed by atoms with Crippen LogP contribution in [0.5, 0.6) is 0 Å². The molecule has 0 saturated heterocycles. The van der Waals surface area contributed by atoms with Crippen LogP contribution in [0.25, 0.3) is 10.1 Å². The zero-order chi connectivity index (χ0) is 27.7. The van der Waals surface area contributed by atoms with E-state index >= 15 is 0 Å². The van der Waals surface area contributed by atoms with Gasteiger partial charge in [0.15, 0.2) is 8.32 Å². The standard InChI is InChI=1S/C31H47NO4SSi/c1-8-35-30(34)28-27(25-11-9-10-12-26(25)37-28)32(29(33)22-15-13-21(2)14-16-22)23-17-19-24(20-18-23)36-38(6,7)31(3,4)5/h9-12,21-24H,8,13-20H2,1-7H3. The molecular weight excluding hydrogens is 510 g/mol. The lowest BCUT2D eigenvalue weighted by atomic mass is 9.81. The number of nitrogens with zero attached hydrogens (tertiary/aromatic N) is 1. The fourth-order valence-corrected chi connectivity index (χ4v) is 8.31. The van der Waals surface area contributed by atoms with Gasteiger partial charge < -0.3 is 14.1 Å². The van der Waals surface area contributed by atoms with Gasteiger partial charge in [0.2, 0.25) is 5.91 Å². The average Bonchev–Trinajstić information content (AvgIpc) is 3.24.